The summed E-state index contributed by atoms with van der Waals surface area (Å²) in [6, 6.07) is 16.8. The topological polar surface area (TPSA) is 21.3 Å². The first-order valence-corrected chi connectivity index (χ1v) is 7.11. The van der Waals surface area contributed by atoms with Gasteiger partial charge < -0.3 is 10.1 Å². The normalized spacial score (nSPS) is 11.9. The monoisotopic (exact) mass is 319 g/mol. The van der Waals surface area contributed by atoms with Gasteiger partial charge in [-0.15, -0.1) is 0 Å². The number of benzene rings is 2. The summed E-state index contributed by atoms with van der Waals surface area (Å²) in [4.78, 5) is 0. The Balaban J connectivity index is 1.95. The predicted octanol–water partition coefficient (Wildman–Crippen LogP) is 4.50. The van der Waals surface area contributed by atoms with Gasteiger partial charge in [0.25, 0.3) is 0 Å². The number of halogens is 1. The molecule has 0 aliphatic heterocycles. The van der Waals surface area contributed by atoms with Crippen LogP contribution in [0.5, 0.6) is 5.75 Å². The number of ether oxygens (including phenoxy) is 1. The predicted molar refractivity (Wildman–Crippen MR) is 83.9 cm³/mol. The quantitative estimate of drug-likeness (QED) is 0.876. The summed E-state index contributed by atoms with van der Waals surface area (Å²) in [6.45, 7) is 2.19. The molecule has 100 valence electrons. The van der Waals surface area contributed by atoms with Crippen LogP contribution in [0.25, 0.3) is 0 Å². The molecule has 0 amide bonds. The Kier molecular flexibility index (Phi) is 4.86. The van der Waals surface area contributed by atoms with Crippen molar-refractivity contribution < 1.29 is 4.74 Å². The van der Waals surface area contributed by atoms with Gasteiger partial charge in [0.15, 0.2) is 0 Å². The SMILES string of the molecule is COc1ccc(CC(C)Nc2cccc(Br)c2)cc1. The fourth-order valence-electron chi connectivity index (χ4n) is 2.03. The molecule has 1 unspecified atom stereocenters. The molecule has 0 spiro atoms. The molecule has 0 aliphatic rings. The number of methoxy groups -OCH3 is 1. The van der Waals surface area contributed by atoms with Crippen LogP contribution in [0.15, 0.2) is 53.0 Å². The second-order valence-corrected chi connectivity index (χ2v) is 5.52. The first kappa shape index (κ1) is 13.9. The second kappa shape index (κ2) is 6.62. The molecule has 0 aliphatic carbocycles. The Labute approximate surface area is 122 Å². The van der Waals surface area contributed by atoms with Gasteiger partial charge in [0.05, 0.1) is 7.11 Å². The van der Waals surface area contributed by atoms with E-state index in [0.717, 1.165) is 22.3 Å². The third-order valence-corrected chi connectivity index (χ3v) is 3.43. The zero-order valence-corrected chi connectivity index (χ0v) is 12.8. The molecule has 2 aromatic carbocycles. The van der Waals surface area contributed by atoms with Crippen molar-refractivity contribution >= 4 is 21.6 Å². The van der Waals surface area contributed by atoms with E-state index in [1.807, 2.05) is 24.3 Å². The Morgan fingerprint density at radius 3 is 2.53 bits per heavy atom. The lowest BCUT2D eigenvalue weighted by molar-refractivity contribution is 0.414. The van der Waals surface area contributed by atoms with Gasteiger partial charge in [0.2, 0.25) is 0 Å². The zero-order valence-electron chi connectivity index (χ0n) is 11.2. The summed E-state index contributed by atoms with van der Waals surface area (Å²) in [5, 5.41) is 3.50. The van der Waals surface area contributed by atoms with E-state index < -0.39 is 0 Å². The Bertz CT molecular complexity index is 525. The van der Waals surface area contributed by atoms with Crippen LogP contribution in [-0.4, -0.2) is 13.2 Å². The molecule has 0 bridgehead atoms. The van der Waals surface area contributed by atoms with Crippen LogP contribution in [-0.2, 0) is 6.42 Å². The third-order valence-electron chi connectivity index (χ3n) is 2.94. The molecule has 1 atom stereocenters. The first-order chi connectivity index (χ1) is 9.17. The van der Waals surface area contributed by atoms with Gasteiger partial charge in [-0.3, -0.25) is 0 Å². The summed E-state index contributed by atoms with van der Waals surface area (Å²) in [5.41, 5.74) is 2.44. The molecule has 0 saturated carbocycles. The van der Waals surface area contributed by atoms with Gasteiger partial charge >= 0.3 is 0 Å². The molecule has 2 aromatic rings. The smallest absolute Gasteiger partial charge is 0.118 e. The highest BCUT2D eigenvalue weighted by Crippen LogP contribution is 2.18. The average molecular weight is 320 g/mol. The van der Waals surface area contributed by atoms with Crippen LogP contribution in [0.4, 0.5) is 5.69 Å². The molecule has 0 fully saturated rings. The zero-order chi connectivity index (χ0) is 13.7. The Hall–Kier alpha value is -1.48. The fraction of sp³-hybridized carbons (Fsp3) is 0.250. The van der Waals surface area contributed by atoms with Crippen LogP contribution >= 0.6 is 15.9 Å². The van der Waals surface area contributed by atoms with E-state index in [1.54, 1.807) is 7.11 Å². The minimum atomic E-state index is 0.377. The van der Waals surface area contributed by atoms with Gasteiger partial charge in [-0.2, -0.15) is 0 Å². The first-order valence-electron chi connectivity index (χ1n) is 6.32. The van der Waals surface area contributed by atoms with Crippen molar-refractivity contribution in [1.82, 2.24) is 0 Å². The summed E-state index contributed by atoms with van der Waals surface area (Å²) in [5.74, 6) is 0.899. The van der Waals surface area contributed by atoms with E-state index in [1.165, 1.54) is 5.56 Å². The van der Waals surface area contributed by atoms with Crippen LogP contribution in [0.1, 0.15) is 12.5 Å². The van der Waals surface area contributed by atoms with Crippen molar-refractivity contribution in [3.8, 4) is 5.75 Å². The van der Waals surface area contributed by atoms with Crippen molar-refractivity contribution in [2.75, 3.05) is 12.4 Å². The third kappa shape index (κ3) is 4.28. The van der Waals surface area contributed by atoms with E-state index in [0.29, 0.717) is 6.04 Å². The molecule has 19 heavy (non-hydrogen) atoms. The minimum absolute atomic E-state index is 0.377. The number of hydrogen-bond donors (Lipinski definition) is 1. The average Bonchev–Trinajstić information content (AvgIpc) is 2.39. The lowest BCUT2D eigenvalue weighted by Gasteiger charge is -2.15. The molecule has 2 rings (SSSR count). The maximum Gasteiger partial charge on any atom is 0.118 e. The maximum absolute atomic E-state index is 5.16. The van der Waals surface area contributed by atoms with Gasteiger partial charge in [-0.05, 0) is 49.2 Å². The van der Waals surface area contributed by atoms with Gasteiger partial charge in [-0.25, -0.2) is 0 Å². The van der Waals surface area contributed by atoms with Gasteiger partial charge in [0.1, 0.15) is 5.75 Å². The van der Waals surface area contributed by atoms with Gasteiger partial charge in [0, 0.05) is 16.2 Å². The highest BCUT2D eigenvalue weighted by Gasteiger charge is 2.04. The standard InChI is InChI=1S/C16H18BrNO/c1-12(18-15-5-3-4-14(17)11-15)10-13-6-8-16(19-2)9-7-13/h3-9,11-12,18H,10H2,1-2H3. The highest BCUT2D eigenvalue weighted by atomic mass is 79.9. The van der Waals surface area contributed by atoms with Crippen molar-refractivity contribution in [2.45, 2.75) is 19.4 Å². The van der Waals surface area contributed by atoms with Crippen molar-refractivity contribution in [3.05, 3.63) is 58.6 Å². The molecular weight excluding hydrogens is 302 g/mol. The van der Waals surface area contributed by atoms with Crippen molar-refractivity contribution in [2.24, 2.45) is 0 Å². The van der Waals surface area contributed by atoms with E-state index in [-0.39, 0.29) is 0 Å². The summed E-state index contributed by atoms with van der Waals surface area (Å²) in [6.07, 6.45) is 0.983. The Morgan fingerprint density at radius 2 is 1.89 bits per heavy atom. The largest absolute Gasteiger partial charge is 0.497 e. The lowest BCUT2D eigenvalue weighted by atomic mass is 10.1. The summed E-state index contributed by atoms with van der Waals surface area (Å²) in [7, 11) is 1.69. The molecule has 0 heterocycles. The van der Waals surface area contributed by atoms with Crippen molar-refractivity contribution in [1.29, 1.82) is 0 Å². The number of rotatable bonds is 5. The fourth-order valence-corrected chi connectivity index (χ4v) is 2.43. The second-order valence-electron chi connectivity index (χ2n) is 4.61. The number of hydrogen-bond acceptors (Lipinski definition) is 2. The van der Waals surface area contributed by atoms with E-state index >= 15 is 0 Å². The van der Waals surface area contributed by atoms with Gasteiger partial charge in [-0.1, -0.05) is 34.1 Å². The van der Waals surface area contributed by atoms with Crippen LogP contribution in [0.2, 0.25) is 0 Å². The molecular formula is C16H18BrNO. The number of anilines is 1. The number of nitrogens with one attached hydrogen (secondary N) is 1. The van der Waals surface area contributed by atoms with E-state index in [2.05, 4.69) is 52.4 Å². The van der Waals surface area contributed by atoms with Crippen LogP contribution < -0.4 is 10.1 Å². The van der Waals surface area contributed by atoms with Crippen LogP contribution in [0.3, 0.4) is 0 Å². The summed E-state index contributed by atoms with van der Waals surface area (Å²) < 4.78 is 6.25. The van der Waals surface area contributed by atoms with Crippen molar-refractivity contribution in [3.63, 3.8) is 0 Å². The van der Waals surface area contributed by atoms with E-state index in [4.69, 9.17) is 4.74 Å². The Morgan fingerprint density at radius 1 is 1.16 bits per heavy atom. The maximum atomic E-state index is 5.16. The summed E-state index contributed by atoms with van der Waals surface area (Å²) >= 11 is 3.48. The molecule has 0 radical (unpaired) electrons. The lowest BCUT2D eigenvalue weighted by Crippen LogP contribution is -2.17. The molecule has 1 N–H and O–H groups in total. The minimum Gasteiger partial charge on any atom is -0.497 e. The molecule has 3 heteroatoms. The van der Waals surface area contributed by atoms with Crippen LogP contribution in [0, 0.1) is 0 Å². The molecule has 0 aromatic heterocycles. The molecule has 2 nitrogen and oxygen atoms in total. The van der Waals surface area contributed by atoms with E-state index in [9.17, 15) is 0 Å². The molecule has 0 saturated heterocycles. The highest BCUT2D eigenvalue weighted by molar-refractivity contribution is 9.10.